The summed E-state index contributed by atoms with van der Waals surface area (Å²) in [6.45, 7) is 5.57. The number of rotatable bonds is 7. The predicted octanol–water partition coefficient (Wildman–Crippen LogP) is 4.43. The molecule has 1 amide bonds. The number of nitrogens with one attached hydrogen (secondary N) is 2. The van der Waals surface area contributed by atoms with Gasteiger partial charge in [0.1, 0.15) is 0 Å². The Balaban J connectivity index is 1.89. The summed E-state index contributed by atoms with van der Waals surface area (Å²) in [5.41, 5.74) is 2.33. The molecule has 0 saturated heterocycles. The van der Waals surface area contributed by atoms with Gasteiger partial charge in [-0.05, 0) is 36.1 Å². The summed E-state index contributed by atoms with van der Waals surface area (Å²) >= 11 is 12.0. The van der Waals surface area contributed by atoms with Crippen LogP contribution in [0.1, 0.15) is 29.8 Å². The third-order valence-corrected chi connectivity index (χ3v) is 4.00. The molecule has 0 radical (unpaired) electrons. The lowest BCUT2D eigenvalue weighted by molar-refractivity contribution is 0.0954. The fourth-order valence-corrected chi connectivity index (χ4v) is 2.62. The van der Waals surface area contributed by atoms with E-state index in [2.05, 4.69) is 29.5 Å². The highest BCUT2D eigenvalue weighted by molar-refractivity contribution is 6.35. The zero-order valence-corrected chi connectivity index (χ0v) is 15.3. The maximum atomic E-state index is 12.2. The first-order valence-electron chi connectivity index (χ1n) is 7.86. The van der Waals surface area contributed by atoms with Gasteiger partial charge < -0.3 is 10.6 Å². The third-order valence-electron chi connectivity index (χ3n) is 3.41. The predicted molar refractivity (Wildman–Crippen MR) is 100 cm³/mol. The minimum Gasteiger partial charge on any atom is -0.384 e. The van der Waals surface area contributed by atoms with Crippen LogP contribution in [-0.2, 0) is 6.42 Å². The van der Waals surface area contributed by atoms with Crippen molar-refractivity contribution in [3.05, 3.63) is 57.8 Å². The van der Waals surface area contributed by atoms with Gasteiger partial charge in [-0.2, -0.15) is 0 Å². The lowest BCUT2D eigenvalue weighted by Crippen LogP contribution is -2.26. The Morgan fingerprint density at radius 2 is 2.00 bits per heavy atom. The number of hydrogen-bond acceptors (Lipinski definition) is 3. The summed E-state index contributed by atoms with van der Waals surface area (Å²) < 4.78 is 0. The van der Waals surface area contributed by atoms with Crippen LogP contribution in [0.15, 0.2) is 36.7 Å². The smallest absolute Gasteiger partial charge is 0.252 e. The Kier molecular flexibility index (Phi) is 6.88. The molecule has 2 N–H and O–H groups in total. The average Bonchev–Trinajstić information content (AvgIpc) is 2.55. The number of hydrogen-bond donors (Lipinski definition) is 2. The summed E-state index contributed by atoms with van der Waals surface area (Å²) in [6, 6.07) is 7.17. The van der Waals surface area contributed by atoms with Gasteiger partial charge in [0.05, 0.1) is 11.3 Å². The molecule has 4 nitrogen and oxygen atoms in total. The Labute approximate surface area is 152 Å². The lowest BCUT2D eigenvalue weighted by Gasteiger charge is -2.10. The zero-order valence-electron chi connectivity index (χ0n) is 13.8. The molecular formula is C18H21Cl2N3O. The topological polar surface area (TPSA) is 54.0 Å². The lowest BCUT2D eigenvalue weighted by atomic mass is 10.1. The van der Waals surface area contributed by atoms with Crippen molar-refractivity contribution in [2.75, 3.05) is 18.4 Å². The molecule has 1 aromatic heterocycles. The van der Waals surface area contributed by atoms with Crippen LogP contribution in [0.25, 0.3) is 0 Å². The van der Waals surface area contributed by atoms with Crippen molar-refractivity contribution >= 4 is 34.8 Å². The van der Waals surface area contributed by atoms with Gasteiger partial charge in [0.15, 0.2) is 0 Å². The molecule has 0 saturated carbocycles. The standard InChI is InChI=1S/C18H21Cl2N3O/c1-12(2)9-23-16-7-14(10-21-11-16)18(24)22-6-5-13-3-4-15(19)8-17(13)20/h3-4,7-8,10-12,23H,5-6,9H2,1-2H3,(H,22,24). The van der Waals surface area contributed by atoms with E-state index in [1.54, 1.807) is 30.6 Å². The van der Waals surface area contributed by atoms with E-state index < -0.39 is 0 Å². The molecule has 0 aliphatic carbocycles. The average molecular weight is 366 g/mol. The molecule has 24 heavy (non-hydrogen) atoms. The second kappa shape index (κ2) is 8.90. The molecule has 6 heteroatoms. The zero-order chi connectivity index (χ0) is 17.5. The van der Waals surface area contributed by atoms with Crippen LogP contribution in [-0.4, -0.2) is 24.0 Å². The van der Waals surface area contributed by atoms with Crippen LogP contribution in [0, 0.1) is 5.92 Å². The molecule has 128 valence electrons. The van der Waals surface area contributed by atoms with E-state index in [1.165, 1.54) is 0 Å². The molecule has 0 unspecified atom stereocenters. The summed E-state index contributed by atoms with van der Waals surface area (Å²) in [5, 5.41) is 7.36. The van der Waals surface area contributed by atoms with E-state index in [0.717, 1.165) is 17.8 Å². The van der Waals surface area contributed by atoms with Crippen LogP contribution >= 0.6 is 23.2 Å². The Morgan fingerprint density at radius 1 is 1.21 bits per heavy atom. The molecule has 0 aliphatic rings. The summed E-state index contributed by atoms with van der Waals surface area (Å²) in [6.07, 6.45) is 3.91. The van der Waals surface area contributed by atoms with Crippen molar-refractivity contribution in [1.82, 2.24) is 10.3 Å². The van der Waals surface area contributed by atoms with Crippen molar-refractivity contribution in [2.45, 2.75) is 20.3 Å². The monoisotopic (exact) mass is 365 g/mol. The first-order chi connectivity index (χ1) is 11.5. The Hall–Kier alpha value is -1.78. The van der Waals surface area contributed by atoms with Crippen molar-refractivity contribution in [3.63, 3.8) is 0 Å². The fraction of sp³-hybridized carbons (Fsp3) is 0.333. The molecule has 2 rings (SSSR count). The molecule has 1 aromatic carbocycles. The van der Waals surface area contributed by atoms with Gasteiger partial charge in [0, 0.05) is 35.5 Å². The van der Waals surface area contributed by atoms with Crippen molar-refractivity contribution in [3.8, 4) is 0 Å². The van der Waals surface area contributed by atoms with Crippen molar-refractivity contribution < 1.29 is 4.79 Å². The number of benzene rings is 1. The van der Waals surface area contributed by atoms with Crippen LogP contribution in [0.3, 0.4) is 0 Å². The summed E-state index contributed by atoms with van der Waals surface area (Å²) in [7, 11) is 0. The number of pyridine rings is 1. The largest absolute Gasteiger partial charge is 0.384 e. The molecular weight excluding hydrogens is 345 g/mol. The maximum Gasteiger partial charge on any atom is 0.252 e. The highest BCUT2D eigenvalue weighted by Gasteiger charge is 2.08. The first-order valence-corrected chi connectivity index (χ1v) is 8.62. The molecule has 0 spiro atoms. The van der Waals surface area contributed by atoms with Crippen molar-refractivity contribution in [1.29, 1.82) is 0 Å². The maximum absolute atomic E-state index is 12.2. The highest BCUT2D eigenvalue weighted by atomic mass is 35.5. The number of amides is 1. The number of halogens is 2. The van der Waals surface area contributed by atoms with E-state index in [9.17, 15) is 4.79 Å². The summed E-state index contributed by atoms with van der Waals surface area (Å²) in [4.78, 5) is 16.3. The second-order valence-corrected chi connectivity index (χ2v) is 6.82. The molecule has 2 aromatic rings. The minimum absolute atomic E-state index is 0.152. The van der Waals surface area contributed by atoms with Gasteiger partial charge in [-0.1, -0.05) is 43.1 Å². The molecule has 0 aliphatic heterocycles. The second-order valence-electron chi connectivity index (χ2n) is 5.98. The molecule has 0 bridgehead atoms. The normalized spacial score (nSPS) is 10.7. The number of carbonyl (C=O) groups is 1. The van der Waals surface area contributed by atoms with E-state index >= 15 is 0 Å². The number of carbonyl (C=O) groups excluding carboxylic acids is 1. The van der Waals surface area contributed by atoms with E-state index in [-0.39, 0.29) is 5.91 Å². The molecule has 0 atom stereocenters. The van der Waals surface area contributed by atoms with Crippen LogP contribution in [0.2, 0.25) is 10.0 Å². The van der Waals surface area contributed by atoms with Gasteiger partial charge in [0.25, 0.3) is 5.91 Å². The van der Waals surface area contributed by atoms with Gasteiger partial charge in [-0.25, -0.2) is 0 Å². The van der Waals surface area contributed by atoms with Gasteiger partial charge >= 0.3 is 0 Å². The SMILES string of the molecule is CC(C)CNc1cncc(C(=O)NCCc2ccc(Cl)cc2Cl)c1. The molecule has 0 fully saturated rings. The van der Waals surface area contributed by atoms with Crippen LogP contribution in [0.4, 0.5) is 5.69 Å². The Bertz CT molecular complexity index is 704. The minimum atomic E-state index is -0.152. The first kappa shape index (κ1) is 18.6. The van der Waals surface area contributed by atoms with Gasteiger partial charge in [-0.15, -0.1) is 0 Å². The van der Waals surface area contributed by atoms with Crippen molar-refractivity contribution in [2.24, 2.45) is 5.92 Å². The van der Waals surface area contributed by atoms with E-state index in [1.807, 2.05) is 6.07 Å². The van der Waals surface area contributed by atoms with Gasteiger partial charge in [-0.3, -0.25) is 9.78 Å². The summed E-state index contributed by atoms with van der Waals surface area (Å²) in [5.74, 6) is 0.368. The van der Waals surface area contributed by atoms with Crippen LogP contribution in [0.5, 0.6) is 0 Å². The Morgan fingerprint density at radius 3 is 2.71 bits per heavy atom. The highest BCUT2D eigenvalue weighted by Crippen LogP contribution is 2.21. The van der Waals surface area contributed by atoms with E-state index in [0.29, 0.717) is 34.5 Å². The van der Waals surface area contributed by atoms with E-state index in [4.69, 9.17) is 23.2 Å². The number of aromatic nitrogens is 1. The quantitative estimate of drug-likeness (QED) is 0.762. The third kappa shape index (κ3) is 5.69. The number of anilines is 1. The van der Waals surface area contributed by atoms with Crippen LogP contribution < -0.4 is 10.6 Å². The molecule has 1 heterocycles. The number of nitrogens with zero attached hydrogens (tertiary/aromatic N) is 1. The van der Waals surface area contributed by atoms with Gasteiger partial charge in [0.2, 0.25) is 0 Å². The fourth-order valence-electron chi connectivity index (χ4n) is 2.12.